The Hall–Kier alpha value is -1.66. The topological polar surface area (TPSA) is 71.9 Å². The first kappa shape index (κ1) is 18.1. The fraction of sp³-hybridized carbons (Fsp3) is 0.684. The molecule has 0 radical (unpaired) electrons. The Morgan fingerprint density at radius 3 is 2.40 bits per heavy atom. The van der Waals surface area contributed by atoms with Crippen LogP contribution in [-0.2, 0) is 15.1 Å². The molecule has 2 saturated heterocycles. The molecular formula is C19H28N2O4. The summed E-state index contributed by atoms with van der Waals surface area (Å²) < 4.78 is 11.2. The van der Waals surface area contributed by atoms with Gasteiger partial charge in [-0.05, 0) is 40.7 Å². The second-order valence-electron chi connectivity index (χ2n) is 8.26. The van der Waals surface area contributed by atoms with Gasteiger partial charge in [0.1, 0.15) is 5.60 Å². The molecule has 2 unspecified atom stereocenters. The lowest BCUT2D eigenvalue weighted by Crippen LogP contribution is -2.63. The molecule has 0 aromatic carbocycles. The number of hydrogen-bond acceptors (Lipinski definition) is 5. The highest BCUT2D eigenvalue weighted by molar-refractivity contribution is 5.69. The maximum atomic E-state index is 12.6. The van der Waals surface area contributed by atoms with E-state index in [-0.39, 0.29) is 18.2 Å². The number of aromatic nitrogens is 1. The fourth-order valence-corrected chi connectivity index (χ4v) is 3.99. The third-order valence-corrected chi connectivity index (χ3v) is 4.88. The number of pyridine rings is 1. The van der Waals surface area contributed by atoms with Gasteiger partial charge in [-0.25, -0.2) is 4.79 Å². The van der Waals surface area contributed by atoms with Crippen molar-refractivity contribution in [3.63, 3.8) is 0 Å². The molecule has 0 saturated carbocycles. The second kappa shape index (κ2) is 6.25. The molecule has 3 heterocycles. The fourth-order valence-electron chi connectivity index (χ4n) is 3.99. The van der Waals surface area contributed by atoms with E-state index in [0.29, 0.717) is 26.1 Å². The molecule has 6 nitrogen and oxygen atoms in total. The molecule has 2 bridgehead atoms. The minimum absolute atomic E-state index is 0.201. The van der Waals surface area contributed by atoms with Gasteiger partial charge >= 0.3 is 6.09 Å². The average Bonchev–Trinajstić information content (AvgIpc) is 2.43. The molecule has 2 fully saturated rings. The maximum Gasteiger partial charge on any atom is 0.410 e. The van der Waals surface area contributed by atoms with Crippen molar-refractivity contribution in [3.8, 4) is 0 Å². The van der Waals surface area contributed by atoms with Gasteiger partial charge < -0.3 is 14.6 Å². The van der Waals surface area contributed by atoms with E-state index in [0.717, 1.165) is 17.0 Å². The molecule has 6 heteroatoms. The summed E-state index contributed by atoms with van der Waals surface area (Å²) in [6.45, 7) is 10.3. The monoisotopic (exact) mass is 348 g/mol. The van der Waals surface area contributed by atoms with Crippen molar-refractivity contribution >= 4 is 6.09 Å². The van der Waals surface area contributed by atoms with Gasteiger partial charge in [0.05, 0.1) is 30.9 Å². The number of carbonyl (C=O) groups is 1. The predicted octanol–water partition coefficient (Wildman–Crippen LogP) is 2.68. The van der Waals surface area contributed by atoms with Crippen molar-refractivity contribution in [2.75, 3.05) is 13.2 Å². The summed E-state index contributed by atoms with van der Waals surface area (Å²) in [6.07, 6.45) is 0.523. The lowest BCUT2D eigenvalue weighted by molar-refractivity contribution is -0.141. The van der Waals surface area contributed by atoms with Gasteiger partial charge in [-0.2, -0.15) is 0 Å². The van der Waals surface area contributed by atoms with Crippen molar-refractivity contribution in [1.29, 1.82) is 0 Å². The van der Waals surface area contributed by atoms with Crippen molar-refractivity contribution < 1.29 is 19.4 Å². The van der Waals surface area contributed by atoms with Crippen LogP contribution >= 0.6 is 0 Å². The highest BCUT2D eigenvalue weighted by Crippen LogP contribution is 2.42. The molecule has 3 rings (SSSR count). The van der Waals surface area contributed by atoms with E-state index in [2.05, 4.69) is 4.98 Å². The number of morpholine rings is 1. The largest absolute Gasteiger partial charge is 0.444 e. The molecule has 2 aliphatic heterocycles. The quantitative estimate of drug-likeness (QED) is 0.845. The van der Waals surface area contributed by atoms with Gasteiger partial charge in [0.2, 0.25) is 0 Å². The Kier molecular flexibility index (Phi) is 4.54. The normalized spacial score (nSPS) is 29.4. The summed E-state index contributed by atoms with van der Waals surface area (Å²) in [6, 6.07) is 3.48. The van der Waals surface area contributed by atoms with Crippen LogP contribution in [0.5, 0.6) is 0 Å². The van der Waals surface area contributed by atoms with Crippen LogP contribution in [0.15, 0.2) is 12.1 Å². The number of fused-ring (bicyclic) bond motifs is 2. The van der Waals surface area contributed by atoms with Gasteiger partial charge in [0, 0.05) is 29.8 Å². The Morgan fingerprint density at radius 2 is 1.88 bits per heavy atom. The Morgan fingerprint density at radius 1 is 1.28 bits per heavy atom. The van der Waals surface area contributed by atoms with Crippen molar-refractivity contribution in [2.45, 2.75) is 70.7 Å². The smallest absolute Gasteiger partial charge is 0.410 e. The van der Waals surface area contributed by atoms with E-state index in [1.807, 2.05) is 46.8 Å². The van der Waals surface area contributed by atoms with Gasteiger partial charge in [-0.15, -0.1) is 0 Å². The molecule has 1 amide bonds. The molecule has 1 aromatic rings. The van der Waals surface area contributed by atoms with Gasteiger partial charge in [-0.3, -0.25) is 9.88 Å². The molecule has 2 aliphatic rings. The Bertz CT molecular complexity index is 654. The van der Waals surface area contributed by atoms with Crippen LogP contribution < -0.4 is 0 Å². The number of hydrogen-bond donors (Lipinski definition) is 1. The summed E-state index contributed by atoms with van der Waals surface area (Å²) in [5.41, 5.74) is 1.07. The third-order valence-electron chi connectivity index (χ3n) is 4.88. The average molecular weight is 348 g/mol. The third kappa shape index (κ3) is 3.65. The molecular weight excluding hydrogens is 320 g/mol. The number of ether oxygens (including phenoxy) is 2. The summed E-state index contributed by atoms with van der Waals surface area (Å²) in [4.78, 5) is 18.9. The SMILES string of the molecule is Cc1ccc(C2(O)CC3COCC(C2)N3C(=O)OC(C)(C)C)c(C)n1. The second-order valence-corrected chi connectivity index (χ2v) is 8.26. The first-order valence-corrected chi connectivity index (χ1v) is 8.85. The van der Waals surface area contributed by atoms with E-state index in [1.54, 1.807) is 4.90 Å². The molecule has 138 valence electrons. The maximum absolute atomic E-state index is 12.6. The molecule has 0 aliphatic carbocycles. The Labute approximate surface area is 149 Å². The first-order chi connectivity index (χ1) is 11.6. The Balaban J connectivity index is 1.87. The van der Waals surface area contributed by atoms with Crippen LogP contribution in [0.25, 0.3) is 0 Å². The van der Waals surface area contributed by atoms with E-state index in [9.17, 15) is 9.90 Å². The number of amides is 1. The molecule has 0 spiro atoms. The van der Waals surface area contributed by atoms with Crippen LogP contribution in [0.4, 0.5) is 4.79 Å². The highest BCUT2D eigenvalue weighted by Gasteiger charge is 2.50. The number of nitrogens with zero attached hydrogens (tertiary/aromatic N) is 2. The summed E-state index contributed by atoms with van der Waals surface area (Å²) in [5.74, 6) is 0. The standard InChI is InChI=1S/C19H28N2O4/c1-12-6-7-16(13(2)20-12)19(23)8-14-10-24-11-15(9-19)21(14)17(22)25-18(3,4)5/h6-7,14-15,23H,8-11H2,1-5H3. The van der Waals surface area contributed by atoms with Crippen LogP contribution in [0.2, 0.25) is 0 Å². The van der Waals surface area contributed by atoms with Crippen molar-refractivity contribution in [3.05, 3.63) is 29.1 Å². The van der Waals surface area contributed by atoms with E-state index < -0.39 is 11.2 Å². The van der Waals surface area contributed by atoms with E-state index >= 15 is 0 Å². The summed E-state index contributed by atoms with van der Waals surface area (Å²) in [5, 5.41) is 11.4. The lowest BCUT2D eigenvalue weighted by atomic mass is 9.76. The lowest BCUT2D eigenvalue weighted by Gasteiger charge is -2.51. The highest BCUT2D eigenvalue weighted by atomic mass is 16.6. The molecule has 1 aromatic heterocycles. The first-order valence-electron chi connectivity index (χ1n) is 8.85. The number of aryl methyl sites for hydroxylation is 2. The number of piperidine rings is 1. The molecule has 2 atom stereocenters. The summed E-state index contributed by atoms with van der Waals surface area (Å²) >= 11 is 0. The van der Waals surface area contributed by atoms with Gasteiger partial charge in [-0.1, -0.05) is 6.07 Å². The minimum atomic E-state index is -0.998. The van der Waals surface area contributed by atoms with Gasteiger partial charge in [0.25, 0.3) is 0 Å². The molecule has 25 heavy (non-hydrogen) atoms. The summed E-state index contributed by atoms with van der Waals surface area (Å²) in [7, 11) is 0. The van der Waals surface area contributed by atoms with E-state index in [1.165, 1.54) is 0 Å². The zero-order chi connectivity index (χ0) is 18.4. The van der Waals surface area contributed by atoms with Crippen LogP contribution in [0.3, 0.4) is 0 Å². The van der Waals surface area contributed by atoms with Crippen molar-refractivity contribution in [1.82, 2.24) is 9.88 Å². The number of carbonyl (C=O) groups excluding carboxylic acids is 1. The molecule has 1 N–H and O–H groups in total. The minimum Gasteiger partial charge on any atom is -0.444 e. The van der Waals surface area contributed by atoms with Gasteiger partial charge in [0.15, 0.2) is 0 Å². The zero-order valence-corrected chi connectivity index (χ0v) is 15.7. The number of aliphatic hydroxyl groups is 1. The van der Waals surface area contributed by atoms with Crippen LogP contribution in [0.1, 0.15) is 50.6 Å². The zero-order valence-electron chi connectivity index (χ0n) is 15.7. The van der Waals surface area contributed by atoms with E-state index in [4.69, 9.17) is 9.47 Å². The van der Waals surface area contributed by atoms with Crippen molar-refractivity contribution in [2.24, 2.45) is 0 Å². The predicted molar refractivity (Wildman–Crippen MR) is 93.3 cm³/mol. The number of rotatable bonds is 1. The van der Waals surface area contributed by atoms with Crippen LogP contribution in [-0.4, -0.2) is 52.0 Å². The van der Waals surface area contributed by atoms with Crippen LogP contribution in [0, 0.1) is 13.8 Å².